The number of carbonyl (C=O) groups is 1. The maximum atomic E-state index is 12.1. The van der Waals surface area contributed by atoms with Crippen molar-refractivity contribution in [2.75, 3.05) is 27.8 Å². The Labute approximate surface area is 102 Å². The lowest BCUT2D eigenvalue weighted by Gasteiger charge is -2.12. The standard InChI is InChI=1S/C13H19NO3/c1-9(8-14-2)13(15)10-5-6-11(16-3)12(7-10)17-4/h5-7,9,14H,8H2,1-4H3. The third kappa shape index (κ3) is 3.20. The average Bonchev–Trinajstić information content (AvgIpc) is 2.37. The van der Waals surface area contributed by atoms with Crippen LogP contribution in [0, 0.1) is 5.92 Å². The zero-order chi connectivity index (χ0) is 12.8. The fourth-order valence-electron chi connectivity index (χ4n) is 1.67. The van der Waals surface area contributed by atoms with E-state index in [1.54, 1.807) is 32.4 Å². The third-order valence-electron chi connectivity index (χ3n) is 2.63. The summed E-state index contributed by atoms with van der Waals surface area (Å²) < 4.78 is 10.3. The minimum Gasteiger partial charge on any atom is -0.493 e. The molecule has 1 atom stereocenters. The molecule has 1 aromatic carbocycles. The zero-order valence-electron chi connectivity index (χ0n) is 10.7. The van der Waals surface area contributed by atoms with Crippen molar-refractivity contribution in [2.24, 2.45) is 5.92 Å². The number of ether oxygens (including phenoxy) is 2. The summed E-state index contributed by atoms with van der Waals surface area (Å²) in [6, 6.07) is 5.22. The molecule has 0 radical (unpaired) electrons. The van der Waals surface area contributed by atoms with E-state index in [0.29, 0.717) is 23.6 Å². The van der Waals surface area contributed by atoms with E-state index in [2.05, 4.69) is 5.32 Å². The van der Waals surface area contributed by atoms with Gasteiger partial charge in [0.2, 0.25) is 0 Å². The summed E-state index contributed by atoms with van der Waals surface area (Å²) in [7, 11) is 4.96. The van der Waals surface area contributed by atoms with E-state index < -0.39 is 0 Å². The van der Waals surface area contributed by atoms with Crippen LogP contribution in [0.15, 0.2) is 18.2 Å². The van der Waals surface area contributed by atoms with Crippen molar-refractivity contribution in [3.8, 4) is 11.5 Å². The van der Waals surface area contributed by atoms with Crippen molar-refractivity contribution in [3.63, 3.8) is 0 Å². The molecule has 1 unspecified atom stereocenters. The molecule has 0 aliphatic rings. The first kappa shape index (κ1) is 13.5. The van der Waals surface area contributed by atoms with Gasteiger partial charge >= 0.3 is 0 Å². The summed E-state index contributed by atoms with van der Waals surface area (Å²) >= 11 is 0. The van der Waals surface area contributed by atoms with E-state index in [-0.39, 0.29) is 11.7 Å². The van der Waals surface area contributed by atoms with Gasteiger partial charge in [-0.15, -0.1) is 0 Å². The molecule has 0 amide bonds. The van der Waals surface area contributed by atoms with Crippen molar-refractivity contribution in [1.82, 2.24) is 5.32 Å². The molecule has 4 nitrogen and oxygen atoms in total. The van der Waals surface area contributed by atoms with Gasteiger partial charge in [0.15, 0.2) is 17.3 Å². The Morgan fingerprint density at radius 1 is 1.29 bits per heavy atom. The van der Waals surface area contributed by atoms with Gasteiger partial charge in [0, 0.05) is 18.0 Å². The van der Waals surface area contributed by atoms with Crippen molar-refractivity contribution in [3.05, 3.63) is 23.8 Å². The zero-order valence-corrected chi connectivity index (χ0v) is 10.7. The number of hydrogen-bond acceptors (Lipinski definition) is 4. The van der Waals surface area contributed by atoms with Gasteiger partial charge in [0.1, 0.15) is 0 Å². The van der Waals surface area contributed by atoms with Crippen LogP contribution in [0.5, 0.6) is 11.5 Å². The Bertz CT molecular complexity index is 390. The number of methoxy groups -OCH3 is 2. The highest BCUT2D eigenvalue weighted by Gasteiger charge is 2.16. The van der Waals surface area contributed by atoms with Crippen molar-refractivity contribution >= 4 is 5.78 Å². The molecule has 1 N–H and O–H groups in total. The molecule has 0 heterocycles. The number of carbonyl (C=O) groups excluding carboxylic acids is 1. The smallest absolute Gasteiger partial charge is 0.167 e. The molecule has 0 saturated heterocycles. The predicted octanol–water partition coefficient (Wildman–Crippen LogP) is 1.74. The highest BCUT2D eigenvalue weighted by Crippen LogP contribution is 2.28. The molecule has 0 aromatic heterocycles. The van der Waals surface area contributed by atoms with E-state index in [9.17, 15) is 4.79 Å². The normalized spacial score (nSPS) is 12.0. The van der Waals surface area contributed by atoms with Gasteiger partial charge < -0.3 is 14.8 Å². The quantitative estimate of drug-likeness (QED) is 0.766. The van der Waals surface area contributed by atoms with Gasteiger partial charge in [-0.05, 0) is 25.2 Å². The van der Waals surface area contributed by atoms with Gasteiger partial charge in [-0.2, -0.15) is 0 Å². The monoisotopic (exact) mass is 237 g/mol. The van der Waals surface area contributed by atoms with Gasteiger partial charge in [-0.3, -0.25) is 4.79 Å². The summed E-state index contributed by atoms with van der Waals surface area (Å²) in [4.78, 5) is 12.1. The van der Waals surface area contributed by atoms with Crippen LogP contribution in [0.25, 0.3) is 0 Å². The van der Waals surface area contributed by atoms with Crippen LogP contribution in [0.1, 0.15) is 17.3 Å². The van der Waals surface area contributed by atoms with Crippen molar-refractivity contribution in [2.45, 2.75) is 6.92 Å². The van der Waals surface area contributed by atoms with Crippen LogP contribution in [-0.2, 0) is 0 Å². The molecule has 1 aromatic rings. The summed E-state index contributed by atoms with van der Waals surface area (Å²) in [6.07, 6.45) is 0. The minimum atomic E-state index is -0.0573. The molecule has 94 valence electrons. The van der Waals surface area contributed by atoms with Crippen LogP contribution >= 0.6 is 0 Å². The minimum absolute atomic E-state index is 0.0573. The van der Waals surface area contributed by atoms with Crippen LogP contribution in [0.4, 0.5) is 0 Å². The Morgan fingerprint density at radius 3 is 2.47 bits per heavy atom. The van der Waals surface area contributed by atoms with Crippen LogP contribution < -0.4 is 14.8 Å². The van der Waals surface area contributed by atoms with E-state index in [0.717, 1.165) is 0 Å². The van der Waals surface area contributed by atoms with Gasteiger partial charge in [0.05, 0.1) is 14.2 Å². The largest absolute Gasteiger partial charge is 0.493 e. The molecule has 4 heteroatoms. The van der Waals surface area contributed by atoms with Crippen LogP contribution in [0.2, 0.25) is 0 Å². The lowest BCUT2D eigenvalue weighted by molar-refractivity contribution is 0.0929. The summed E-state index contributed by atoms with van der Waals surface area (Å²) in [5.74, 6) is 1.25. The fourth-order valence-corrected chi connectivity index (χ4v) is 1.67. The van der Waals surface area contributed by atoms with Crippen LogP contribution in [0.3, 0.4) is 0 Å². The number of Topliss-reactive ketones (excluding diaryl/α,β-unsaturated/α-hetero) is 1. The number of rotatable bonds is 6. The van der Waals surface area contributed by atoms with Gasteiger partial charge in [-0.25, -0.2) is 0 Å². The second kappa shape index (κ2) is 6.25. The molecule has 17 heavy (non-hydrogen) atoms. The first-order valence-electron chi connectivity index (χ1n) is 5.54. The third-order valence-corrected chi connectivity index (χ3v) is 2.63. The summed E-state index contributed by atoms with van der Waals surface area (Å²) in [5, 5.41) is 2.99. The van der Waals surface area contributed by atoms with Crippen molar-refractivity contribution in [1.29, 1.82) is 0 Å². The molecule has 0 saturated carbocycles. The first-order valence-corrected chi connectivity index (χ1v) is 5.54. The molecule has 0 spiro atoms. The number of hydrogen-bond donors (Lipinski definition) is 1. The highest BCUT2D eigenvalue weighted by molar-refractivity contribution is 5.98. The van der Waals surface area contributed by atoms with E-state index in [1.807, 2.05) is 14.0 Å². The summed E-state index contributed by atoms with van der Waals surface area (Å²) in [6.45, 7) is 2.56. The topological polar surface area (TPSA) is 47.6 Å². The van der Waals surface area contributed by atoms with Crippen molar-refractivity contribution < 1.29 is 14.3 Å². The Hall–Kier alpha value is -1.55. The van der Waals surface area contributed by atoms with E-state index in [1.165, 1.54) is 0 Å². The Kier molecular flexibility index (Phi) is 4.97. The first-order chi connectivity index (χ1) is 8.13. The van der Waals surface area contributed by atoms with Gasteiger partial charge in [0.25, 0.3) is 0 Å². The van der Waals surface area contributed by atoms with Gasteiger partial charge in [-0.1, -0.05) is 6.92 Å². The molecular formula is C13H19NO3. The Morgan fingerprint density at radius 2 is 1.94 bits per heavy atom. The second-order valence-corrected chi connectivity index (χ2v) is 3.89. The average molecular weight is 237 g/mol. The highest BCUT2D eigenvalue weighted by atomic mass is 16.5. The molecule has 0 fully saturated rings. The predicted molar refractivity (Wildman–Crippen MR) is 67.0 cm³/mol. The second-order valence-electron chi connectivity index (χ2n) is 3.89. The number of ketones is 1. The molecule has 0 aliphatic heterocycles. The maximum Gasteiger partial charge on any atom is 0.167 e. The molecule has 0 aliphatic carbocycles. The fraction of sp³-hybridized carbons (Fsp3) is 0.462. The van der Waals surface area contributed by atoms with Crippen LogP contribution in [-0.4, -0.2) is 33.6 Å². The number of nitrogens with one attached hydrogen (secondary N) is 1. The SMILES string of the molecule is CNCC(C)C(=O)c1ccc(OC)c(OC)c1. The summed E-state index contributed by atoms with van der Waals surface area (Å²) in [5.41, 5.74) is 0.644. The lowest BCUT2D eigenvalue weighted by Crippen LogP contribution is -2.23. The van der Waals surface area contributed by atoms with E-state index in [4.69, 9.17) is 9.47 Å². The van der Waals surface area contributed by atoms with E-state index >= 15 is 0 Å². The molecular weight excluding hydrogens is 218 g/mol. The number of benzene rings is 1. The maximum absolute atomic E-state index is 12.1. The lowest BCUT2D eigenvalue weighted by atomic mass is 9.99. The molecule has 0 bridgehead atoms. The molecule has 1 rings (SSSR count). The Balaban J connectivity index is 2.95.